The van der Waals surface area contributed by atoms with E-state index in [1.54, 1.807) is 17.5 Å². The van der Waals surface area contributed by atoms with E-state index in [-0.39, 0.29) is 18.2 Å². The summed E-state index contributed by atoms with van der Waals surface area (Å²) in [5.74, 6) is -0.286. The van der Waals surface area contributed by atoms with Gasteiger partial charge in [0.25, 0.3) is 0 Å². The van der Waals surface area contributed by atoms with Crippen molar-refractivity contribution in [3.05, 3.63) is 34.8 Å². The number of nitrogen functional groups attached to an aromatic ring is 1. The third-order valence-electron chi connectivity index (χ3n) is 3.33. The Kier molecular flexibility index (Phi) is 5.23. The molecular formula is C17H22N4O2S. The zero-order valence-corrected chi connectivity index (χ0v) is 15.1. The number of hydrogen-bond acceptors (Lipinski definition) is 5. The highest BCUT2D eigenvalue weighted by Gasteiger charge is 2.22. The molecule has 0 saturated heterocycles. The number of aryl methyl sites for hydroxylation is 1. The fourth-order valence-electron chi connectivity index (χ4n) is 1.86. The van der Waals surface area contributed by atoms with Crippen molar-refractivity contribution in [2.24, 2.45) is 5.41 Å². The Balaban J connectivity index is 1.98. The van der Waals surface area contributed by atoms with E-state index < -0.39 is 5.41 Å². The molecule has 0 aliphatic rings. The monoisotopic (exact) mass is 346 g/mol. The number of benzene rings is 1. The molecule has 4 N–H and O–H groups in total. The highest BCUT2D eigenvalue weighted by atomic mass is 32.1. The molecule has 7 heteroatoms. The molecule has 128 valence electrons. The van der Waals surface area contributed by atoms with Crippen LogP contribution in [0.1, 0.15) is 32.0 Å². The number of nitrogens with one attached hydrogen (secondary N) is 2. The number of hydrogen-bond donors (Lipinski definition) is 3. The molecule has 0 aliphatic carbocycles. The van der Waals surface area contributed by atoms with Crippen LogP contribution in [0.3, 0.4) is 0 Å². The summed E-state index contributed by atoms with van der Waals surface area (Å²) in [5.41, 5.74) is 8.08. The third-order valence-corrected chi connectivity index (χ3v) is 4.14. The SMILES string of the molecule is Cc1ccc(N)cc1NC(=O)Cc1csc(NC(=O)C(C)(C)C)n1. The summed E-state index contributed by atoms with van der Waals surface area (Å²) in [6.07, 6.45) is 0.135. The van der Waals surface area contributed by atoms with Crippen LogP contribution in [0.2, 0.25) is 0 Å². The van der Waals surface area contributed by atoms with Crippen LogP contribution in [-0.4, -0.2) is 16.8 Å². The van der Waals surface area contributed by atoms with E-state index in [4.69, 9.17) is 5.73 Å². The average molecular weight is 346 g/mol. The fraction of sp³-hybridized carbons (Fsp3) is 0.353. The summed E-state index contributed by atoms with van der Waals surface area (Å²) in [7, 11) is 0. The number of nitrogens with two attached hydrogens (primary N) is 1. The van der Waals surface area contributed by atoms with E-state index in [1.807, 2.05) is 33.8 Å². The first kappa shape index (κ1) is 17.9. The maximum Gasteiger partial charge on any atom is 0.231 e. The highest BCUT2D eigenvalue weighted by Crippen LogP contribution is 2.22. The summed E-state index contributed by atoms with van der Waals surface area (Å²) >= 11 is 1.30. The number of thiazole rings is 1. The number of rotatable bonds is 4. The number of carbonyl (C=O) groups is 2. The lowest BCUT2D eigenvalue weighted by atomic mass is 9.96. The van der Waals surface area contributed by atoms with Gasteiger partial charge in [-0.3, -0.25) is 9.59 Å². The van der Waals surface area contributed by atoms with Crippen LogP contribution < -0.4 is 16.4 Å². The molecule has 0 atom stereocenters. The van der Waals surface area contributed by atoms with Crippen LogP contribution in [0.5, 0.6) is 0 Å². The van der Waals surface area contributed by atoms with E-state index in [2.05, 4.69) is 15.6 Å². The molecule has 1 heterocycles. The summed E-state index contributed by atoms with van der Waals surface area (Å²) in [5, 5.41) is 7.86. The van der Waals surface area contributed by atoms with Gasteiger partial charge in [-0.15, -0.1) is 11.3 Å². The molecule has 2 amide bonds. The lowest BCUT2D eigenvalue weighted by Gasteiger charge is -2.15. The Morgan fingerprint density at radius 3 is 2.62 bits per heavy atom. The second-order valence-corrected chi connectivity index (χ2v) is 7.51. The first-order chi connectivity index (χ1) is 11.1. The number of amides is 2. The molecule has 6 nitrogen and oxygen atoms in total. The molecule has 24 heavy (non-hydrogen) atoms. The molecule has 0 saturated carbocycles. The van der Waals surface area contributed by atoms with Crippen molar-refractivity contribution >= 4 is 39.7 Å². The predicted octanol–water partition coefficient (Wildman–Crippen LogP) is 3.20. The van der Waals surface area contributed by atoms with Gasteiger partial charge < -0.3 is 16.4 Å². The molecule has 0 unspecified atom stereocenters. The average Bonchev–Trinajstić information content (AvgIpc) is 2.89. The van der Waals surface area contributed by atoms with Crippen molar-refractivity contribution in [2.45, 2.75) is 34.1 Å². The second kappa shape index (κ2) is 7.00. The Morgan fingerprint density at radius 1 is 1.25 bits per heavy atom. The minimum atomic E-state index is -0.492. The summed E-state index contributed by atoms with van der Waals surface area (Å²) in [4.78, 5) is 28.4. The maximum atomic E-state index is 12.2. The highest BCUT2D eigenvalue weighted by molar-refractivity contribution is 7.13. The zero-order valence-electron chi connectivity index (χ0n) is 14.3. The lowest BCUT2D eigenvalue weighted by Crippen LogP contribution is -2.27. The molecule has 0 aliphatic heterocycles. The minimum Gasteiger partial charge on any atom is -0.399 e. The van der Waals surface area contributed by atoms with Crippen molar-refractivity contribution in [2.75, 3.05) is 16.4 Å². The van der Waals surface area contributed by atoms with Crippen molar-refractivity contribution < 1.29 is 9.59 Å². The Morgan fingerprint density at radius 2 is 1.96 bits per heavy atom. The van der Waals surface area contributed by atoms with E-state index >= 15 is 0 Å². The summed E-state index contributed by atoms with van der Waals surface area (Å²) in [6.45, 7) is 7.40. The first-order valence-electron chi connectivity index (χ1n) is 7.57. The standard InChI is InChI=1S/C17H22N4O2S/c1-10-5-6-11(18)7-13(10)20-14(22)8-12-9-24-16(19-12)21-15(23)17(2,3)4/h5-7,9H,8,18H2,1-4H3,(H,20,22)(H,19,21,23). The number of aromatic nitrogens is 1. The van der Waals surface area contributed by atoms with Crippen LogP contribution in [0.15, 0.2) is 23.6 Å². The molecule has 2 aromatic rings. The topological polar surface area (TPSA) is 97.1 Å². The zero-order chi connectivity index (χ0) is 17.9. The van der Waals surface area contributed by atoms with Gasteiger partial charge in [0.2, 0.25) is 11.8 Å². The molecule has 0 fully saturated rings. The van der Waals surface area contributed by atoms with E-state index in [0.29, 0.717) is 22.2 Å². The molecule has 1 aromatic carbocycles. The van der Waals surface area contributed by atoms with Crippen molar-refractivity contribution in [1.82, 2.24) is 4.98 Å². The van der Waals surface area contributed by atoms with Gasteiger partial charge in [0, 0.05) is 22.2 Å². The van der Waals surface area contributed by atoms with Gasteiger partial charge in [0.05, 0.1) is 12.1 Å². The molecule has 0 radical (unpaired) electrons. The van der Waals surface area contributed by atoms with Crippen LogP contribution in [-0.2, 0) is 16.0 Å². The van der Waals surface area contributed by atoms with Gasteiger partial charge >= 0.3 is 0 Å². The Bertz CT molecular complexity index is 762. The lowest BCUT2D eigenvalue weighted by molar-refractivity contribution is -0.123. The van der Waals surface area contributed by atoms with E-state index in [1.165, 1.54) is 11.3 Å². The van der Waals surface area contributed by atoms with Crippen molar-refractivity contribution in [1.29, 1.82) is 0 Å². The number of anilines is 3. The van der Waals surface area contributed by atoms with E-state index in [9.17, 15) is 9.59 Å². The van der Waals surface area contributed by atoms with Crippen LogP contribution in [0.25, 0.3) is 0 Å². The van der Waals surface area contributed by atoms with Gasteiger partial charge in [-0.1, -0.05) is 26.8 Å². The number of carbonyl (C=O) groups excluding carboxylic acids is 2. The third kappa shape index (κ3) is 4.79. The van der Waals surface area contributed by atoms with Gasteiger partial charge in [-0.2, -0.15) is 0 Å². The quantitative estimate of drug-likeness (QED) is 0.741. The Labute approximate surface area is 145 Å². The van der Waals surface area contributed by atoms with E-state index in [0.717, 1.165) is 5.56 Å². The minimum absolute atomic E-state index is 0.108. The molecule has 2 rings (SSSR count). The van der Waals surface area contributed by atoms with Crippen LogP contribution in [0.4, 0.5) is 16.5 Å². The van der Waals surface area contributed by atoms with Crippen LogP contribution in [0, 0.1) is 12.3 Å². The Hall–Kier alpha value is -2.41. The largest absolute Gasteiger partial charge is 0.399 e. The van der Waals surface area contributed by atoms with Crippen LogP contribution >= 0.6 is 11.3 Å². The first-order valence-corrected chi connectivity index (χ1v) is 8.45. The maximum absolute atomic E-state index is 12.2. The van der Waals surface area contributed by atoms with Gasteiger partial charge in [0.15, 0.2) is 5.13 Å². The van der Waals surface area contributed by atoms with Gasteiger partial charge in [0.1, 0.15) is 0 Å². The van der Waals surface area contributed by atoms with Gasteiger partial charge in [-0.25, -0.2) is 4.98 Å². The smallest absolute Gasteiger partial charge is 0.231 e. The number of nitrogens with zero attached hydrogens (tertiary/aromatic N) is 1. The summed E-state index contributed by atoms with van der Waals surface area (Å²) in [6, 6.07) is 5.37. The normalized spacial score (nSPS) is 11.2. The van der Waals surface area contributed by atoms with Crippen molar-refractivity contribution in [3.63, 3.8) is 0 Å². The molecule has 1 aromatic heterocycles. The molecular weight excluding hydrogens is 324 g/mol. The molecule has 0 spiro atoms. The molecule has 0 bridgehead atoms. The fourth-order valence-corrected chi connectivity index (χ4v) is 2.57. The second-order valence-electron chi connectivity index (χ2n) is 6.65. The summed E-state index contributed by atoms with van der Waals surface area (Å²) < 4.78 is 0. The van der Waals surface area contributed by atoms with Crippen molar-refractivity contribution in [3.8, 4) is 0 Å². The van der Waals surface area contributed by atoms with Gasteiger partial charge in [-0.05, 0) is 24.6 Å². The predicted molar refractivity (Wildman–Crippen MR) is 98.1 cm³/mol.